The predicted octanol–water partition coefficient (Wildman–Crippen LogP) is 3.66. The molecular weight excluding hydrogens is 434 g/mol. The van der Waals surface area contributed by atoms with Crippen LogP contribution in [0.5, 0.6) is 5.75 Å². The fourth-order valence-electron chi connectivity index (χ4n) is 2.86. The largest absolute Gasteiger partial charge is 0.497 e. The summed E-state index contributed by atoms with van der Waals surface area (Å²) in [5.74, 6) is 0.0676. The van der Waals surface area contributed by atoms with Crippen LogP contribution in [0.15, 0.2) is 53.4 Å². The minimum atomic E-state index is -3.85. The van der Waals surface area contributed by atoms with E-state index in [-0.39, 0.29) is 4.90 Å². The molecule has 0 spiro atoms. The maximum absolute atomic E-state index is 12.5. The lowest BCUT2D eigenvalue weighted by atomic mass is 10.1. The Morgan fingerprint density at radius 1 is 1.10 bits per heavy atom. The van der Waals surface area contributed by atoms with Gasteiger partial charge in [0.15, 0.2) is 5.13 Å². The molecule has 9 heteroatoms. The molecule has 1 heterocycles. The second-order valence-electron chi connectivity index (χ2n) is 7.20. The smallest absolute Gasteiger partial charge is 0.244 e. The fourth-order valence-corrected chi connectivity index (χ4v) is 5.06. The third-order valence-corrected chi connectivity index (χ3v) is 7.33. The van der Waals surface area contributed by atoms with Crippen LogP contribution in [-0.4, -0.2) is 32.5 Å². The molecule has 0 fully saturated rings. The van der Waals surface area contributed by atoms with E-state index in [1.165, 1.54) is 43.1 Å². The summed E-state index contributed by atoms with van der Waals surface area (Å²) in [6.07, 6.45) is 0.722. The summed E-state index contributed by atoms with van der Waals surface area (Å²) in [4.78, 5) is 18.1. The number of ether oxygens (including phenoxy) is 1. The van der Waals surface area contributed by atoms with Gasteiger partial charge in [-0.1, -0.05) is 29.8 Å². The van der Waals surface area contributed by atoms with Gasteiger partial charge in [-0.3, -0.25) is 4.79 Å². The van der Waals surface area contributed by atoms with Crippen LogP contribution in [0.4, 0.5) is 5.13 Å². The van der Waals surface area contributed by atoms with E-state index < -0.39 is 22.0 Å². The number of thiazole rings is 1. The minimum absolute atomic E-state index is 0.0541. The monoisotopic (exact) mass is 459 g/mol. The van der Waals surface area contributed by atoms with Crippen LogP contribution in [-0.2, 0) is 21.2 Å². The third-order valence-electron chi connectivity index (χ3n) is 4.70. The van der Waals surface area contributed by atoms with Crippen molar-refractivity contribution in [1.82, 2.24) is 9.71 Å². The highest BCUT2D eigenvalue weighted by Gasteiger charge is 2.23. The number of methoxy groups -OCH3 is 1. The second kappa shape index (κ2) is 9.59. The summed E-state index contributed by atoms with van der Waals surface area (Å²) < 4.78 is 32.5. The number of carbonyl (C=O) groups is 1. The van der Waals surface area contributed by atoms with Crippen molar-refractivity contribution in [3.63, 3.8) is 0 Å². The van der Waals surface area contributed by atoms with Crippen molar-refractivity contribution in [2.24, 2.45) is 0 Å². The Morgan fingerprint density at radius 3 is 2.35 bits per heavy atom. The predicted molar refractivity (Wildman–Crippen MR) is 122 cm³/mol. The molecule has 2 aromatic carbocycles. The lowest BCUT2D eigenvalue weighted by molar-refractivity contribution is -0.117. The molecule has 31 heavy (non-hydrogen) atoms. The number of nitrogens with zero attached hydrogens (tertiary/aromatic N) is 1. The highest BCUT2D eigenvalue weighted by atomic mass is 32.2. The quantitative estimate of drug-likeness (QED) is 0.536. The summed E-state index contributed by atoms with van der Waals surface area (Å²) >= 11 is 1.39. The number of amides is 1. The molecular formula is C22H25N3O4S2. The molecule has 0 unspecified atom stereocenters. The van der Waals surface area contributed by atoms with Gasteiger partial charge in [-0.2, -0.15) is 4.72 Å². The number of aryl methyl sites for hydroxylation is 2. The van der Waals surface area contributed by atoms with Crippen LogP contribution in [0, 0.1) is 13.8 Å². The van der Waals surface area contributed by atoms with E-state index in [0.29, 0.717) is 10.9 Å². The molecule has 0 aliphatic carbocycles. The van der Waals surface area contributed by atoms with Gasteiger partial charge in [0.2, 0.25) is 15.9 Å². The summed E-state index contributed by atoms with van der Waals surface area (Å²) in [7, 11) is -2.35. The van der Waals surface area contributed by atoms with Gasteiger partial charge in [0.25, 0.3) is 0 Å². The van der Waals surface area contributed by atoms with Crippen molar-refractivity contribution in [2.75, 3.05) is 12.4 Å². The summed E-state index contributed by atoms with van der Waals surface area (Å²) in [6, 6.07) is 13.2. The molecule has 0 radical (unpaired) electrons. The Labute approximate surface area is 186 Å². The van der Waals surface area contributed by atoms with E-state index in [0.717, 1.165) is 22.6 Å². The summed E-state index contributed by atoms with van der Waals surface area (Å²) in [6.45, 7) is 5.43. The lowest BCUT2D eigenvalue weighted by Crippen LogP contribution is -2.41. The number of aromatic nitrogens is 1. The zero-order valence-corrected chi connectivity index (χ0v) is 19.4. The highest BCUT2D eigenvalue weighted by molar-refractivity contribution is 7.89. The van der Waals surface area contributed by atoms with Gasteiger partial charge in [0.05, 0.1) is 23.7 Å². The second-order valence-corrected chi connectivity index (χ2v) is 10.00. The standard InChI is InChI=1S/C22H25N3O4S2/c1-14-5-7-17(8-6-14)13-20-15(2)23-22(30-20)24-21(26)16(3)25-31(27,28)19-11-9-18(29-4)10-12-19/h5-12,16,25H,13H2,1-4H3,(H,23,24,26)/t16-/m0/s1. The average Bonchev–Trinajstić information content (AvgIpc) is 3.08. The maximum atomic E-state index is 12.5. The summed E-state index contributed by atoms with van der Waals surface area (Å²) in [5, 5.41) is 3.16. The molecule has 0 aliphatic rings. The Bertz CT molecular complexity index is 1150. The van der Waals surface area contributed by atoms with Crippen LogP contribution in [0.3, 0.4) is 0 Å². The molecule has 3 rings (SSSR count). The zero-order valence-electron chi connectivity index (χ0n) is 17.8. The molecule has 164 valence electrons. The number of benzene rings is 2. The maximum Gasteiger partial charge on any atom is 0.244 e. The Hall–Kier alpha value is -2.75. The van der Waals surface area contributed by atoms with E-state index in [9.17, 15) is 13.2 Å². The average molecular weight is 460 g/mol. The van der Waals surface area contributed by atoms with E-state index in [1.807, 2.05) is 13.8 Å². The van der Waals surface area contributed by atoms with Gasteiger partial charge in [-0.15, -0.1) is 11.3 Å². The zero-order chi connectivity index (χ0) is 22.6. The van der Waals surface area contributed by atoms with Gasteiger partial charge in [-0.25, -0.2) is 13.4 Å². The Morgan fingerprint density at radius 2 is 1.74 bits per heavy atom. The Balaban J connectivity index is 1.64. The molecule has 3 aromatic rings. The first-order valence-electron chi connectivity index (χ1n) is 9.67. The van der Waals surface area contributed by atoms with Gasteiger partial charge in [0, 0.05) is 11.3 Å². The molecule has 1 amide bonds. The van der Waals surface area contributed by atoms with Crippen LogP contribution in [0.25, 0.3) is 0 Å². The van der Waals surface area contributed by atoms with Crippen LogP contribution < -0.4 is 14.8 Å². The van der Waals surface area contributed by atoms with Crippen molar-refractivity contribution < 1.29 is 17.9 Å². The Kier molecular flexibility index (Phi) is 7.09. The number of hydrogen-bond donors (Lipinski definition) is 2. The number of rotatable bonds is 8. The topological polar surface area (TPSA) is 97.4 Å². The molecule has 1 aromatic heterocycles. The first-order chi connectivity index (χ1) is 14.7. The van der Waals surface area contributed by atoms with E-state index >= 15 is 0 Å². The number of sulfonamides is 1. The third kappa shape index (κ3) is 5.90. The van der Waals surface area contributed by atoms with Crippen LogP contribution in [0.1, 0.15) is 28.6 Å². The molecule has 2 N–H and O–H groups in total. The lowest BCUT2D eigenvalue weighted by Gasteiger charge is -2.13. The van der Waals surface area contributed by atoms with Crippen molar-refractivity contribution in [3.05, 3.63) is 70.2 Å². The van der Waals surface area contributed by atoms with Crippen molar-refractivity contribution in [3.8, 4) is 5.75 Å². The first-order valence-corrected chi connectivity index (χ1v) is 12.0. The molecule has 0 aliphatic heterocycles. The highest BCUT2D eigenvalue weighted by Crippen LogP contribution is 2.25. The molecule has 1 atom stereocenters. The molecule has 0 saturated heterocycles. The number of nitrogens with one attached hydrogen (secondary N) is 2. The van der Waals surface area contributed by atoms with E-state index in [1.54, 1.807) is 12.1 Å². The number of hydrogen-bond acceptors (Lipinski definition) is 6. The van der Waals surface area contributed by atoms with Crippen molar-refractivity contribution in [1.29, 1.82) is 0 Å². The molecule has 7 nitrogen and oxygen atoms in total. The van der Waals surface area contributed by atoms with Gasteiger partial charge < -0.3 is 10.1 Å². The van der Waals surface area contributed by atoms with E-state index in [4.69, 9.17) is 4.74 Å². The molecule has 0 saturated carbocycles. The van der Waals surface area contributed by atoms with Gasteiger partial charge >= 0.3 is 0 Å². The molecule has 0 bridgehead atoms. The van der Waals surface area contributed by atoms with Gasteiger partial charge in [-0.05, 0) is 50.6 Å². The van der Waals surface area contributed by atoms with Crippen molar-refractivity contribution in [2.45, 2.75) is 38.1 Å². The normalized spacial score (nSPS) is 12.4. The van der Waals surface area contributed by atoms with Crippen LogP contribution >= 0.6 is 11.3 Å². The van der Waals surface area contributed by atoms with E-state index in [2.05, 4.69) is 39.3 Å². The van der Waals surface area contributed by atoms with Crippen LogP contribution in [0.2, 0.25) is 0 Å². The SMILES string of the molecule is COc1ccc(S(=O)(=O)N[C@@H](C)C(=O)Nc2nc(C)c(Cc3ccc(C)cc3)s2)cc1. The first kappa shape index (κ1) is 22.9. The summed E-state index contributed by atoms with van der Waals surface area (Å²) in [5.41, 5.74) is 3.20. The van der Waals surface area contributed by atoms with Crippen molar-refractivity contribution >= 4 is 32.4 Å². The number of carbonyl (C=O) groups excluding carboxylic acids is 1. The van der Waals surface area contributed by atoms with Gasteiger partial charge in [0.1, 0.15) is 5.75 Å². The minimum Gasteiger partial charge on any atom is -0.497 e. The fraction of sp³-hybridized carbons (Fsp3) is 0.273. The number of anilines is 1.